The first kappa shape index (κ1) is 12.5. The van der Waals surface area contributed by atoms with Gasteiger partial charge in [0.15, 0.2) is 0 Å². The second kappa shape index (κ2) is 4.85. The van der Waals surface area contributed by atoms with E-state index in [2.05, 4.69) is 41.3 Å². The molecule has 1 aromatic carbocycles. The number of aromatic nitrogens is 2. The maximum absolute atomic E-state index is 9.14. The lowest BCUT2D eigenvalue weighted by atomic mass is 10.1. The lowest BCUT2D eigenvalue weighted by molar-refractivity contribution is 0.436. The first-order valence-electron chi connectivity index (χ1n) is 6.63. The number of hydrogen-bond donors (Lipinski definition) is 1. The third-order valence-corrected chi connectivity index (χ3v) is 3.41. The molecule has 0 saturated carbocycles. The van der Waals surface area contributed by atoms with Gasteiger partial charge in [-0.15, -0.1) is 0 Å². The Morgan fingerprint density at radius 3 is 2.90 bits per heavy atom. The van der Waals surface area contributed by atoms with Crippen LogP contribution >= 0.6 is 0 Å². The van der Waals surface area contributed by atoms with E-state index in [1.165, 1.54) is 10.9 Å². The summed E-state index contributed by atoms with van der Waals surface area (Å²) in [6.45, 7) is 6.45. The van der Waals surface area contributed by atoms with Gasteiger partial charge in [-0.05, 0) is 36.8 Å². The van der Waals surface area contributed by atoms with Crippen molar-refractivity contribution in [3.8, 4) is 0 Å². The molecule has 0 saturated heterocycles. The predicted octanol–water partition coefficient (Wildman–Crippen LogP) is 4.29. The second-order valence-electron chi connectivity index (χ2n) is 4.73. The van der Waals surface area contributed by atoms with Gasteiger partial charge < -0.3 is 9.67 Å². The highest BCUT2D eigenvalue weighted by Gasteiger charge is 2.10. The van der Waals surface area contributed by atoms with Crippen molar-refractivity contribution in [2.75, 3.05) is 0 Å². The second-order valence-corrected chi connectivity index (χ2v) is 4.73. The van der Waals surface area contributed by atoms with Crippen LogP contribution in [0.4, 0.5) is 0 Å². The van der Waals surface area contributed by atoms with Crippen molar-refractivity contribution in [3.05, 3.63) is 60.5 Å². The number of hydrogen-bond acceptors (Lipinski definition) is 2. The summed E-state index contributed by atoms with van der Waals surface area (Å²) in [6, 6.07) is 10.4. The summed E-state index contributed by atoms with van der Waals surface area (Å²) in [7, 11) is 0. The molecule has 20 heavy (non-hydrogen) atoms. The van der Waals surface area contributed by atoms with Crippen LogP contribution in [0.15, 0.2) is 54.9 Å². The number of benzene rings is 1. The monoisotopic (exact) mass is 264 g/mol. The summed E-state index contributed by atoms with van der Waals surface area (Å²) in [5.41, 5.74) is 3.14. The van der Waals surface area contributed by atoms with Gasteiger partial charge in [0.2, 0.25) is 0 Å². The van der Waals surface area contributed by atoms with Gasteiger partial charge in [0, 0.05) is 23.5 Å². The summed E-state index contributed by atoms with van der Waals surface area (Å²) >= 11 is 0. The van der Waals surface area contributed by atoms with Crippen molar-refractivity contribution < 1.29 is 5.11 Å². The standard InChI is InChI=1S/C17H16N2O/c1-3-19-16-7-5-4-6-14(16)15-10-13(9-8-12(2)20)11-18-17(15)19/h4-11,20H,2-3H2,1H3/b9-8+. The highest BCUT2D eigenvalue weighted by Crippen LogP contribution is 2.28. The minimum Gasteiger partial charge on any atom is -0.509 e. The molecule has 0 unspecified atom stereocenters. The molecule has 2 heterocycles. The number of allylic oxidation sites excluding steroid dienone is 1. The average molecular weight is 264 g/mol. The zero-order valence-electron chi connectivity index (χ0n) is 11.4. The zero-order valence-corrected chi connectivity index (χ0v) is 11.4. The van der Waals surface area contributed by atoms with Gasteiger partial charge in [0.1, 0.15) is 11.4 Å². The van der Waals surface area contributed by atoms with Crippen molar-refractivity contribution >= 4 is 28.0 Å². The van der Waals surface area contributed by atoms with Crippen LogP contribution in [0.2, 0.25) is 0 Å². The Balaban J connectivity index is 2.28. The fraction of sp³-hybridized carbons (Fsp3) is 0.118. The predicted molar refractivity (Wildman–Crippen MR) is 83.7 cm³/mol. The first-order valence-corrected chi connectivity index (χ1v) is 6.63. The molecule has 100 valence electrons. The van der Waals surface area contributed by atoms with Crippen LogP contribution in [-0.2, 0) is 6.54 Å². The van der Waals surface area contributed by atoms with Crippen molar-refractivity contribution in [2.45, 2.75) is 13.5 Å². The molecular formula is C17H16N2O. The number of aliphatic hydroxyl groups is 1. The molecule has 0 fully saturated rings. The van der Waals surface area contributed by atoms with Crippen molar-refractivity contribution in [1.82, 2.24) is 9.55 Å². The molecule has 0 atom stereocenters. The Bertz CT molecular complexity index is 827. The van der Waals surface area contributed by atoms with Gasteiger partial charge in [-0.3, -0.25) is 0 Å². The summed E-state index contributed by atoms with van der Waals surface area (Å²) in [5, 5.41) is 11.5. The molecule has 1 N–H and O–H groups in total. The molecule has 0 aliphatic heterocycles. The maximum atomic E-state index is 9.14. The van der Waals surface area contributed by atoms with Crippen LogP contribution in [0.5, 0.6) is 0 Å². The quantitative estimate of drug-likeness (QED) is 0.566. The molecule has 3 heteroatoms. The molecule has 0 bridgehead atoms. The number of aliphatic hydroxyl groups excluding tert-OH is 1. The van der Waals surface area contributed by atoms with Crippen molar-refractivity contribution in [1.29, 1.82) is 0 Å². The smallest absolute Gasteiger partial charge is 0.140 e. The Kier molecular flexibility index (Phi) is 3.03. The molecule has 3 aromatic rings. The highest BCUT2D eigenvalue weighted by atomic mass is 16.3. The van der Waals surface area contributed by atoms with E-state index in [0.717, 1.165) is 23.1 Å². The summed E-state index contributed by atoms with van der Waals surface area (Å²) in [5.74, 6) is 0.0427. The van der Waals surface area contributed by atoms with Gasteiger partial charge >= 0.3 is 0 Å². The number of para-hydroxylation sites is 1. The topological polar surface area (TPSA) is 38.1 Å². The van der Waals surface area contributed by atoms with Gasteiger partial charge in [0.25, 0.3) is 0 Å². The fourth-order valence-corrected chi connectivity index (χ4v) is 2.54. The van der Waals surface area contributed by atoms with Crippen LogP contribution in [-0.4, -0.2) is 14.7 Å². The number of nitrogens with zero attached hydrogens (tertiary/aromatic N) is 2. The van der Waals surface area contributed by atoms with Gasteiger partial charge in [-0.1, -0.05) is 24.8 Å². The first-order chi connectivity index (χ1) is 9.70. The molecule has 0 spiro atoms. The normalized spacial score (nSPS) is 11.7. The molecule has 2 aromatic heterocycles. The van der Waals surface area contributed by atoms with E-state index in [-0.39, 0.29) is 5.76 Å². The Morgan fingerprint density at radius 2 is 2.15 bits per heavy atom. The van der Waals surface area contributed by atoms with E-state index in [1.807, 2.05) is 24.4 Å². The number of fused-ring (bicyclic) bond motifs is 3. The SMILES string of the molecule is C=C(O)/C=C/c1cnc2c(c1)c1ccccc1n2CC. The Hall–Kier alpha value is -2.55. The zero-order chi connectivity index (χ0) is 14.1. The Morgan fingerprint density at radius 1 is 1.35 bits per heavy atom. The minimum atomic E-state index is 0.0427. The minimum absolute atomic E-state index is 0.0427. The molecular weight excluding hydrogens is 248 g/mol. The lowest BCUT2D eigenvalue weighted by Gasteiger charge is -2.01. The summed E-state index contributed by atoms with van der Waals surface area (Å²) < 4.78 is 2.21. The Labute approximate surface area is 117 Å². The van der Waals surface area contributed by atoms with E-state index >= 15 is 0 Å². The van der Waals surface area contributed by atoms with Crippen LogP contribution in [0, 0.1) is 0 Å². The van der Waals surface area contributed by atoms with E-state index < -0.39 is 0 Å². The molecule has 3 rings (SSSR count). The molecule has 3 nitrogen and oxygen atoms in total. The van der Waals surface area contributed by atoms with E-state index in [0.29, 0.717) is 0 Å². The van der Waals surface area contributed by atoms with Crippen LogP contribution in [0.1, 0.15) is 12.5 Å². The molecule has 0 radical (unpaired) electrons. The fourth-order valence-electron chi connectivity index (χ4n) is 2.54. The number of rotatable bonds is 3. The average Bonchev–Trinajstić information content (AvgIpc) is 2.78. The van der Waals surface area contributed by atoms with E-state index in [9.17, 15) is 0 Å². The van der Waals surface area contributed by atoms with Crippen LogP contribution < -0.4 is 0 Å². The summed E-state index contributed by atoms with van der Waals surface area (Å²) in [6.07, 6.45) is 5.20. The van der Waals surface area contributed by atoms with E-state index in [1.54, 1.807) is 6.08 Å². The highest BCUT2D eigenvalue weighted by molar-refractivity contribution is 6.07. The van der Waals surface area contributed by atoms with Gasteiger partial charge in [-0.2, -0.15) is 0 Å². The summed E-state index contributed by atoms with van der Waals surface area (Å²) in [4.78, 5) is 4.57. The lowest BCUT2D eigenvalue weighted by Crippen LogP contribution is -1.94. The molecule has 0 amide bonds. The third kappa shape index (κ3) is 1.97. The number of pyridine rings is 1. The third-order valence-electron chi connectivity index (χ3n) is 3.41. The van der Waals surface area contributed by atoms with E-state index in [4.69, 9.17) is 5.11 Å². The maximum Gasteiger partial charge on any atom is 0.140 e. The molecule has 0 aliphatic rings. The van der Waals surface area contributed by atoms with Crippen molar-refractivity contribution in [2.24, 2.45) is 0 Å². The van der Waals surface area contributed by atoms with Gasteiger partial charge in [-0.25, -0.2) is 4.98 Å². The largest absolute Gasteiger partial charge is 0.509 e. The number of aryl methyl sites for hydroxylation is 1. The van der Waals surface area contributed by atoms with Crippen molar-refractivity contribution in [3.63, 3.8) is 0 Å². The van der Waals surface area contributed by atoms with Gasteiger partial charge in [0.05, 0.1) is 5.52 Å². The molecule has 0 aliphatic carbocycles. The van der Waals surface area contributed by atoms with Crippen LogP contribution in [0.3, 0.4) is 0 Å². The van der Waals surface area contributed by atoms with Crippen LogP contribution in [0.25, 0.3) is 28.0 Å².